The van der Waals surface area contributed by atoms with Gasteiger partial charge in [0.15, 0.2) is 0 Å². The van der Waals surface area contributed by atoms with Crippen molar-refractivity contribution in [3.05, 3.63) is 59.7 Å². The van der Waals surface area contributed by atoms with Crippen molar-refractivity contribution < 1.29 is 9.84 Å². The fraction of sp³-hybridized carbons (Fsp3) is 0.294. The second-order valence-corrected chi connectivity index (χ2v) is 6.07. The molecule has 3 N–H and O–H groups in total. The zero-order valence-electron chi connectivity index (χ0n) is 12.2. The first-order valence-electron chi connectivity index (χ1n) is 6.93. The number of nitrogens with two attached hydrogens (primary N) is 1. The van der Waals surface area contributed by atoms with Gasteiger partial charge in [0.25, 0.3) is 0 Å². The fourth-order valence-electron chi connectivity index (χ4n) is 1.96. The predicted molar refractivity (Wildman–Crippen MR) is 89.7 cm³/mol. The predicted octanol–water partition coefficient (Wildman–Crippen LogP) is 3.25. The topological polar surface area (TPSA) is 55.5 Å². The van der Waals surface area contributed by atoms with Crippen molar-refractivity contribution in [1.82, 2.24) is 0 Å². The zero-order chi connectivity index (χ0) is 15.1. The summed E-state index contributed by atoms with van der Waals surface area (Å²) in [5.41, 5.74) is 8.88. The highest BCUT2D eigenvalue weighted by Crippen LogP contribution is 2.17. The second kappa shape index (κ2) is 7.96. The summed E-state index contributed by atoms with van der Waals surface area (Å²) in [6.45, 7) is 2.37. The Morgan fingerprint density at radius 3 is 2.76 bits per heavy atom. The molecule has 1 atom stereocenters. The van der Waals surface area contributed by atoms with Crippen LogP contribution in [-0.4, -0.2) is 23.6 Å². The van der Waals surface area contributed by atoms with Gasteiger partial charge in [0.1, 0.15) is 12.4 Å². The van der Waals surface area contributed by atoms with E-state index >= 15 is 0 Å². The minimum absolute atomic E-state index is 0.282. The van der Waals surface area contributed by atoms with Crippen LogP contribution in [0.1, 0.15) is 11.1 Å². The molecule has 4 heteroatoms. The number of rotatable bonds is 7. The number of aliphatic hydroxyl groups is 1. The largest absolute Gasteiger partial charge is 0.491 e. The molecule has 0 aliphatic rings. The van der Waals surface area contributed by atoms with Gasteiger partial charge in [-0.3, -0.25) is 0 Å². The van der Waals surface area contributed by atoms with E-state index in [9.17, 15) is 5.11 Å². The molecule has 2 aromatic rings. The molecule has 0 aromatic heterocycles. The molecule has 1 unspecified atom stereocenters. The minimum Gasteiger partial charge on any atom is -0.491 e. The summed E-state index contributed by atoms with van der Waals surface area (Å²) in [4.78, 5) is 0. The highest BCUT2D eigenvalue weighted by Gasteiger charge is 2.06. The Morgan fingerprint density at radius 2 is 2.00 bits per heavy atom. The Morgan fingerprint density at radius 1 is 1.19 bits per heavy atom. The standard InChI is InChI=1S/C17H21NO2S/c1-13-4-2-5-14(8-13)11-21-12-16(19)10-20-17-7-3-6-15(18)9-17/h2-9,16,19H,10-12,18H2,1H3. The lowest BCUT2D eigenvalue weighted by molar-refractivity contribution is 0.126. The van der Waals surface area contributed by atoms with Crippen LogP contribution in [-0.2, 0) is 5.75 Å². The summed E-state index contributed by atoms with van der Waals surface area (Å²) in [6.07, 6.45) is -0.485. The summed E-state index contributed by atoms with van der Waals surface area (Å²) in [5.74, 6) is 2.24. The van der Waals surface area contributed by atoms with Gasteiger partial charge >= 0.3 is 0 Å². The number of aryl methyl sites for hydroxylation is 1. The van der Waals surface area contributed by atoms with Gasteiger partial charge in [-0.1, -0.05) is 35.9 Å². The number of thioether (sulfide) groups is 1. The van der Waals surface area contributed by atoms with Gasteiger partial charge < -0.3 is 15.6 Å². The highest BCUT2D eigenvalue weighted by atomic mass is 32.2. The maximum atomic E-state index is 9.94. The number of aliphatic hydroxyl groups excluding tert-OH is 1. The highest BCUT2D eigenvalue weighted by molar-refractivity contribution is 7.98. The molecule has 21 heavy (non-hydrogen) atoms. The number of hydrogen-bond donors (Lipinski definition) is 2. The molecule has 0 saturated heterocycles. The number of hydrogen-bond acceptors (Lipinski definition) is 4. The number of benzene rings is 2. The number of anilines is 1. The Labute approximate surface area is 130 Å². The number of nitrogen functional groups attached to an aromatic ring is 1. The van der Waals surface area contributed by atoms with Crippen LogP contribution in [0.15, 0.2) is 48.5 Å². The monoisotopic (exact) mass is 303 g/mol. The smallest absolute Gasteiger partial charge is 0.121 e. The van der Waals surface area contributed by atoms with Crippen LogP contribution in [0.4, 0.5) is 5.69 Å². The summed E-state index contributed by atoms with van der Waals surface area (Å²) in [6, 6.07) is 15.7. The maximum Gasteiger partial charge on any atom is 0.121 e. The summed E-state index contributed by atoms with van der Waals surface area (Å²) < 4.78 is 5.53. The van der Waals surface area contributed by atoms with Gasteiger partial charge in [0.05, 0.1) is 6.10 Å². The number of ether oxygens (including phenoxy) is 1. The average Bonchev–Trinajstić information content (AvgIpc) is 2.45. The van der Waals surface area contributed by atoms with E-state index in [0.29, 0.717) is 17.2 Å². The van der Waals surface area contributed by atoms with Crippen LogP contribution in [0.3, 0.4) is 0 Å². The Bertz CT molecular complexity index is 574. The molecule has 0 fully saturated rings. The van der Waals surface area contributed by atoms with Crippen molar-refractivity contribution in [2.45, 2.75) is 18.8 Å². The third-order valence-corrected chi connectivity index (χ3v) is 4.12. The molecule has 0 aliphatic carbocycles. The van der Waals surface area contributed by atoms with Crippen molar-refractivity contribution in [3.8, 4) is 5.75 Å². The third-order valence-electron chi connectivity index (χ3n) is 2.96. The quantitative estimate of drug-likeness (QED) is 0.771. The van der Waals surface area contributed by atoms with E-state index in [1.807, 2.05) is 12.1 Å². The molecule has 0 saturated carbocycles. The SMILES string of the molecule is Cc1cccc(CSCC(O)COc2cccc(N)c2)c1. The van der Waals surface area contributed by atoms with Crippen LogP contribution in [0, 0.1) is 6.92 Å². The van der Waals surface area contributed by atoms with E-state index in [-0.39, 0.29) is 6.61 Å². The van der Waals surface area contributed by atoms with Gasteiger partial charge in [0.2, 0.25) is 0 Å². The average molecular weight is 303 g/mol. The van der Waals surface area contributed by atoms with Crippen molar-refractivity contribution in [3.63, 3.8) is 0 Å². The molecule has 112 valence electrons. The molecule has 0 aliphatic heterocycles. The van der Waals surface area contributed by atoms with Crippen LogP contribution >= 0.6 is 11.8 Å². The lowest BCUT2D eigenvalue weighted by Gasteiger charge is -2.12. The second-order valence-electron chi connectivity index (χ2n) is 5.04. The van der Waals surface area contributed by atoms with Crippen LogP contribution in [0.25, 0.3) is 0 Å². The molecular weight excluding hydrogens is 282 g/mol. The summed E-state index contributed by atoms with van der Waals surface area (Å²) in [5, 5.41) is 9.94. The zero-order valence-corrected chi connectivity index (χ0v) is 13.0. The molecule has 2 rings (SSSR count). The Hall–Kier alpha value is -1.65. The molecule has 0 amide bonds. The van der Waals surface area contributed by atoms with Gasteiger partial charge in [-0.15, -0.1) is 0 Å². The normalized spacial score (nSPS) is 12.1. The van der Waals surface area contributed by atoms with Crippen LogP contribution in [0.2, 0.25) is 0 Å². The minimum atomic E-state index is -0.485. The van der Waals surface area contributed by atoms with Crippen LogP contribution < -0.4 is 10.5 Å². The first-order valence-corrected chi connectivity index (χ1v) is 8.08. The Kier molecular flexibility index (Phi) is 5.96. The lowest BCUT2D eigenvalue weighted by atomic mass is 10.2. The maximum absolute atomic E-state index is 9.94. The molecule has 3 nitrogen and oxygen atoms in total. The van der Waals surface area contributed by atoms with Gasteiger partial charge in [-0.05, 0) is 24.6 Å². The first kappa shape index (κ1) is 15.7. The van der Waals surface area contributed by atoms with Crippen molar-refractivity contribution in [2.75, 3.05) is 18.1 Å². The van der Waals surface area contributed by atoms with E-state index in [1.165, 1.54) is 11.1 Å². The van der Waals surface area contributed by atoms with Crippen molar-refractivity contribution in [2.24, 2.45) is 0 Å². The van der Waals surface area contributed by atoms with Crippen molar-refractivity contribution >= 4 is 17.4 Å². The molecule has 0 spiro atoms. The van der Waals surface area contributed by atoms with Gasteiger partial charge in [0, 0.05) is 23.3 Å². The first-order chi connectivity index (χ1) is 10.1. The molecular formula is C17H21NO2S. The van der Waals surface area contributed by atoms with E-state index in [4.69, 9.17) is 10.5 Å². The summed E-state index contributed by atoms with van der Waals surface area (Å²) >= 11 is 1.71. The Balaban J connectivity index is 1.69. The van der Waals surface area contributed by atoms with Crippen LogP contribution in [0.5, 0.6) is 5.75 Å². The molecule has 2 aromatic carbocycles. The lowest BCUT2D eigenvalue weighted by Crippen LogP contribution is -2.20. The van der Waals surface area contributed by atoms with E-state index in [0.717, 1.165) is 5.75 Å². The van der Waals surface area contributed by atoms with E-state index < -0.39 is 6.10 Å². The molecule has 0 radical (unpaired) electrons. The van der Waals surface area contributed by atoms with E-state index in [1.54, 1.807) is 23.9 Å². The van der Waals surface area contributed by atoms with Gasteiger partial charge in [-0.25, -0.2) is 0 Å². The molecule has 0 heterocycles. The van der Waals surface area contributed by atoms with E-state index in [2.05, 4.69) is 31.2 Å². The molecule has 0 bridgehead atoms. The third kappa shape index (κ3) is 5.69. The van der Waals surface area contributed by atoms with Gasteiger partial charge in [-0.2, -0.15) is 11.8 Å². The summed E-state index contributed by atoms with van der Waals surface area (Å²) in [7, 11) is 0. The fourth-order valence-corrected chi connectivity index (χ4v) is 2.86. The van der Waals surface area contributed by atoms with Crippen molar-refractivity contribution in [1.29, 1.82) is 0 Å².